The van der Waals surface area contributed by atoms with Crippen LogP contribution in [0.25, 0.3) is 0 Å². The van der Waals surface area contributed by atoms with Crippen LogP contribution in [0.15, 0.2) is 48.5 Å². The average molecular weight is 420 g/mol. The number of aryl methyl sites for hydroxylation is 3. The number of aromatic nitrogens is 2. The number of nitrogens with zero attached hydrogens (tertiary/aromatic N) is 2. The van der Waals surface area contributed by atoms with Gasteiger partial charge in [0.15, 0.2) is 6.61 Å². The third kappa shape index (κ3) is 6.28. The Morgan fingerprint density at radius 2 is 1.58 bits per heavy atom. The summed E-state index contributed by atoms with van der Waals surface area (Å²) in [4.78, 5) is 20.9. The summed E-state index contributed by atoms with van der Waals surface area (Å²) in [6.07, 6.45) is 0. The quantitative estimate of drug-likeness (QED) is 0.570. The van der Waals surface area contributed by atoms with Gasteiger partial charge in [-0.15, -0.1) is 0 Å². The monoisotopic (exact) mass is 419 g/mol. The Morgan fingerprint density at radius 1 is 0.935 bits per heavy atom. The summed E-state index contributed by atoms with van der Waals surface area (Å²) < 4.78 is 11.5. The van der Waals surface area contributed by atoms with Crippen LogP contribution < -0.4 is 14.8 Å². The third-order valence-corrected chi connectivity index (χ3v) is 4.61. The van der Waals surface area contributed by atoms with E-state index in [1.807, 2.05) is 39.0 Å². The standard InChI is InChI=1S/C25H29N3O3/c1-16-7-12-22(21(13-16)25(4,5)6)30-15-23(29)28-19-8-10-20(11-9-19)31-24-26-17(2)14-18(3)27-24/h7-14H,15H2,1-6H3,(H,28,29). The van der Waals surface area contributed by atoms with Crippen LogP contribution in [0.2, 0.25) is 0 Å². The molecule has 1 aromatic heterocycles. The predicted octanol–water partition coefficient (Wildman–Crippen LogP) is 5.51. The van der Waals surface area contributed by atoms with E-state index >= 15 is 0 Å². The molecule has 0 spiro atoms. The van der Waals surface area contributed by atoms with Gasteiger partial charge in [-0.3, -0.25) is 4.79 Å². The maximum Gasteiger partial charge on any atom is 0.322 e. The van der Waals surface area contributed by atoms with Gasteiger partial charge in [0.05, 0.1) is 0 Å². The number of carbonyl (C=O) groups excluding carboxylic acids is 1. The summed E-state index contributed by atoms with van der Waals surface area (Å²) in [6, 6.07) is 15.2. The molecule has 0 atom stereocenters. The number of carbonyl (C=O) groups is 1. The zero-order valence-corrected chi connectivity index (χ0v) is 18.9. The van der Waals surface area contributed by atoms with E-state index < -0.39 is 0 Å². The van der Waals surface area contributed by atoms with Gasteiger partial charge < -0.3 is 14.8 Å². The predicted molar refractivity (Wildman–Crippen MR) is 122 cm³/mol. The molecule has 0 fully saturated rings. The Labute approximate surface area is 183 Å². The molecule has 0 aliphatic carbocycles. The van der Waals surface area contributed by atoms with E-state index in [9.17, 15) is 4.79 Å². The molecule has 162 valence electrons. The van der Waals surface area contributed by atoms with Crippen LogP contribution in [0, 0.1) is 20.8 Å². The van der Waals surface area contributed by atoms with Crippen molar-refractivity contribution in [1.82, 2.24) is 9.97 Å². The fourth-order valence-corrected chi connectivity index (χ4v) is 3.15. The number of hydrogen-bond donors (Lipinski definition) is 1. The minimum Gasteiger partial charge on any atom is -0.483 e. The van der Waals surface area contributed by atoms with Crippen molar-refractivity contribution in [3.05, 3.63) is 71.0 Å². The van der Waals surface area contributed by atoms with Gasteiger partial charge in [-0.05, 0) is 68.1 Å². The first-order valence-corrected chi connectivity index (χ1v) is 10.2. The number of benzene rings is 2. The molecule has 0 aliphatic rings. The van der Waals surface area contributed by atoms with E-state index in [2.05, 4.69) is 42.1 Å². The van der Waals surface area contributed by atoms with Crippen molar-refractivity contribution >= 4 is 11.6 Å². The Balaban J connectivity index is 1.59. The summed E-state index contributed by atoms with van der Waals surface area (Å²) >= 11 is 0. The summed E-state index contributed by atoms with van der Waals surface area (Å²) in [7, 11) is 0. The molecule has 3 aromatic rings. The molecule has 0 saturated heterocycles. The van der Waals surface area contributed by atoms with Gasteiger partial charge in [-0.2, -0.15) is 0 Å². The van der Waals surface area contributed by atoms with Crippen LogP contribution in [0.1, 0.15) is 43.3 Å². The van der Waals surface area contributed by atoms with Crippen molar-refractivity contribution in [1.29, 1.82) is 0 Å². The second-order valence-corrected chi connectivity index (χ2v) is 8.65. The Bertz CT molecular complexity index is 1050. The molecule has 6 nitrogen and oxygen atoms in total. The molecule has 1 N–H and O–H groups in total. The number of anilines is 1. The van der Waals surface area contributed by atoms with Gasteiger partial charge in [0, 0.05) is 17.1 Å². The highest BCUT2D eigenvalue weighted by molar-refractivity contribution is 5.91. The van der Waals surface area contributed by atoms with E-state index in [1.54, 1.807) is 24.3 Å². The van der Waals surface area contributed by atoms with Gasteiger partial charge in [0.25, 0.3) is 5.91 Å². The van der Waals surface area contributed by atoms with Crippen molar-refractivity contribution < 1.29 is 14.3 Å². The molecule has 0 bridgehead atoms. The largest absolute Gasteiger partial charge is 0.483 e. The van der Waals surface area contributed by atoms with Crippen molar-refractivity contribution in [3.63, 3.8) is 0 Å². The number of rotatable bonds is 6. The maximum absolute atomic E-state index is 12.4. The second-order valence-electron chi connectivity index (χ2n) is 8.65. The molecule has 3 rings (SSSR count). The van der Waals surface area contributed by atoms with Crippen LogP contribution in [0.3, 0.4) is 0 Å². The van der Waals surface area contributed by atoms with E-state index in [1.165, 1.54) is 0 Å². The lowest BCUT2D eigenvalue weighted by Gasteiger charge is -2.23. The number of ether oxygens (including phenoxy) is 2. The van der Waals surface area contributed by atoms with E-state index in [0.29, 0.717) is 17.4 Å². The zero-order valence-electron chi connectivity index (χ0n) is 18.9. The fourth-order valence-electron chi connectivity index (χ4n) is 3.15. The van der Waals surface area contributed by atoms with Crippen LogP contribution >= 0.6 is 0 Å². The number of amides is 1. The first-order chi connectivity index (χ1) is 14.6. The molecule has 0 radical (unpaired) electrons. The Kier molecular flexibility index (Phi) is 6.59. The highest BCUT2D eigenvalue weighted by Gasteiger charge is 2.19. The molecule has 1 heterocycles. The third-order valence-electron chi connectivity index (χ3n) is 4.61. The molecule has 1 amide bonds. The number of hydrogen-bond acceptors (Lipinski definition) is 5. The Morgan fingerprint density at radius 3 is 2.19 bits per heavy atom. The molecule has 31 heavy (non-hydrogen) atoms. The van der Waals surface area contributed by atoms with Crippen molar-refractivity contribution in [2.24, 2.45) is 0 Å². The maximum atomic E-state index is 12.4. The van der Waals surface area contributed by atoms with E-state index in [-0.39, 0.29) is 17.9 Å². The van der Waals surface area contributed by atoms with E-state index in [0.717, 1.165) is 28.3 Å². The van der Waals surface area contributed by atoms with Crippen LogP contribution in [-0.4, -0.2) is 22.5 Å². The molecule has 0 unspecified atom stereocenters. The molecular weight excluding hydrogens is 390 g/mol. The smallest absolute Gasteiger partial charge is 0.322 e. The van der Waals surface area contributed by atoms with Gasteiger partial charge in [-0.25, -0.2) is 9.97 Å². The lowest BCUT2D eigenvalue weighted by molar-refractivity contribution is -0.118. The summed E-state index contributed by atoms with van der Waals surface area (Å²) in [5.74, 6) is 1.09. The van der Waals surface area contributed by atoms with Gasteiger partial charge >= 0.3 is 6.01 Å². The minimum absolute atomic E-state index is 0.0686. The van der Waals surface area contributed by atoms with Gasteiger partial charge in [-0.1, -0.05) is 38.5 Å². The van der Waals surface area contributed by atoms with Crippen LogP contribution in [-0.2, 0) is 10.2 Å². The molecule has 6 heteroatoms. The zero-order chi connectivity index (χ0) is 22.6. The first-order valence-electron chi connectivity index (χ1n) is 10.2. The van der Waals surface area contributed by atoms with Crippen LogP contribution in [0.5, 0.6) is 17.5 Å². The topological polar surface area (TPSA) is 73.3 Å². The lowest BCUT2D eigenvalue weighted by Crippen LogP contribution is -2.22. The molecule has 0 saturated carbocycles. The van der Waals surface area contributed by atoms with Crippen molar-refractivity contribution in [2.45, 2.75) is 47.0 Å². The SMILES string of the molecule is Cc1ccc(OCC(=O)Nc2ccc(Oc3nc(C)cc(C)n3)cc2)c(C(C)(C)C)c1. The highest BCUT2D eigenvalue weighted by atomic mass is 16.5. The van der Waals surface area contributed by atoms with Crippen molar-refractivity contribution in [3.8, 4) is 17.5 Å². The van der Waals surface area contributed by atoms with Crippen molar-refractivity contribution in [2.75, 3.05) is 11.9 Å². The summed E-state index contributed by atoms with van der Waals surface area (Å²) in [5.41, 5.74) is 4.50. The first kappa shape index (κ1) is 22.3. The van der Waals surface area contributed by atoms with Gasteiger partial charge in [0.2, 0.25) is 0 Å². The number of nitrogens with one attached hydrogen (secondary N) is 1. The van der Waals surface area contributed by atoms with Gasteiger partial charge in [0.1, 0.15) is 11.5 Å². The lowest BCUT2D eigenvalue weighted by atomic mass is 9.85. The molecule has 2 aromatic carbocycles. The minimum atomic E-state index is -0.230. The fraction of sp³-hybridized carbons (Fsp3) is 0.320. The highest BCUT2D eigenvalue weighted by Crippen LogP contribution is 2.32. The average Bonchev–Trinajstić information content (AvgIpc) is 2.67. The summed E-state index contributed by atoms with van der Waals surface area (Å²) in [6.45, 7) is 12.1. The molecular formula is C25H29N3O3. The Hall–Kier alpha value is -3.41. The second kappa shape index (κ2) is 9.16. The van der Waals surface area contributed by atoms with Crippen LogP contribution in [0.4, 0.5) is 5.69 Å². The summed E-state index contributed by atoms with van der Waals surface area (Å²) in [5, 5.41) is 2.84. The van der Waals surface area contributed by atoms with E-state index in [4.69, 9.17) is 9.47 Å². The normalized spacial score (nSPS) is 11.2. The molecule has 0 aliphatic heterocycles.